The lowest BCUT2D eigenvalue weighted by molar-refractivity contribution is 0.415. The van der Waals surface area contributed by atoms with E-state index in [4.69, 9.17) is 4.74 Å². The van der Waals surface area contributed by atoms with Gasteiger partial charge in [0, 0.05) is 0 Å². The van der Waals surface area contributed by atoms with Crippen LogP contribution in [0.1, 0.15) is 18.4 Å². The fourth-order valence-corrected chi connectivity index (χ4v) is 1.34. The van der Waals surface area contributed by atoms with Gasteiger partial charge in [-0.15, -0.1) is 6.58 Å². The largest absolute Gasteiger partial charge is 0.497 e. The van der Waals surface area contributed by atoms with Crippen molar-refractivity contribution < 1.29 is 4.74 Å². The van der Waals surface area contributed by atoms with E-state index in [1.54, 1.807) is 7.11 Å². The average Bonchev–Trinajstić information content (AvgIpc) is 2.34. The Kier molecular flexibility index (Phi) is 5.13. The molecule has 0 aromatic heterocycles. The van der Waals surface area contributed by atoms with E-state index in [2.05, 4.69) is 19.2 Å². The van der Waals surface area contributed by atoms with Gasteiger partial charge in [0.15, 0.2) is 0 Å². The molecular weight excluding hydrogens is 196 g/mol. The molecule has 0 aliphatic rings. The summed E-state index contributed by atoms with van der Waals surface area (Å²) in [6.07, 6.45) is 8.10. The number of allylic oxidation sites excluding steroid dienone is 4. The topological polar surface area (TPSA) is 9.23 Å². The van der Waals surface area contributed by atoms with E-state index in [0.29, 0.717) is 0 Å². The van der Waals surface area contributed by atoms with Gasteiger partial charge in [-0.25, -0.2) is 0 Å². The van der Waals surface area contributed by atoms with Crippen molar-refractivity contribution in [2.45, 2.75) is 12.8 Å². The van der Waals surface area contributed by atoms with Gasteiger partial charge < -0.3 is 4.74 Å². The Morgan fingerprint density at radius 3 is 2.50 bits per heavy atom. The molecule has 0 heterocycles. The maximum absolute atomic E-state index is 5.10. The number of unbranched alkanes of at least 4 members (excludes halogenated alkanes) is 1. The molecule has 1 aromatic carbocycles. The van der Waals surface area contributed by atoms with Gasteiger partial charge in [0.2, 0.25) is 0 Å². The molecule has 1 rings (SSSR count). The van der Waals surface area contributed by atoms with Crippen molar-refractivity contribution in [1.29, 1.82) is 0 Å². The lowest BCUT2D eigenvalue weighted by Crippen LogP contribution is -1.83. The van der Waals surface area contributed by atoms with Crippen molar-refractivity contribution in [1.82, 2.24) is 0 Å². The quantitative estimate of drug-likeness (QED) is 0.391. The van der Waals surface area contributed by atoms with Gasteiger partial charge in [-0.3, -0.25) is 0 Å². The second-order valence-electron chi connectivity index (χ2n) is 3.52. The highest BCUT2D eigenvalue weighted by Crippen LogP contribution is 2.18. The zero-order chi connectivity index (χ0) is 11.8. The Balaban J connectivity index is 2.58. The molecule has 1 heteroatoms. The van der Waals surface area contributed by atoms with Crippen molar-refractivity contribution in [2.75, 3.05) is 7.11 Å². The number of hydrogen-bond acceptors (Lipinski definition) is 1. The maximum atomic E-state index is 5.10. The summed E-state index contributed by atoms with van der Waals surface area (Å²) < 4.78 is 5.10. The smallest absolute Gasteiger partial charge is 0.118 e. The summed E-state index contributed by atoms with van der Waals surface area (Å²) in [5.74, 6) is 0.868. The van der Waals surface area contributed by atoms with Crippen LogP contribution in [0, 0.1) is 0 Å². The van der Waals surface area contributed by atoms with Gasteiger partial charge >= 0.3 is 0 Å². The second kappa shape index (κ2) is 6.67. The molecule has 0 bridgehead atoms. The van der Waals surface area contributed by atoms with Crippen LogP contribution in [0.2, 0.25) is 0 Å². The molecule has 0 aliphatic carbocycles. The molecule has 0 spiro atoms. The van der Waals surface area contributed by atoms with E-state index in [1.165, 1.54) is 0 Å². The van der Waals surface area contributed by atoms with Crippen LogP contribution in [0.4, 0.5) is 0 Å². The summed E-state index contributed by atoms with van der Waals surface area (Å²) in [7, 11) is 1.67. The van der Waals surface area contributed by atoms with Crippen LogP contribution in [0.15, 0.2) is 55.7 Å². The van der Waals surface area contributed by atoms with E-state index in [9.17, 15) is 0 Å². The standard InChI is InChI=1S/C15H18O/c1-4-5-6-7-8-13(2)14-9-11-15(16-3)12-10-14/h4,7-12H,1-2,5-6H2,3H3. The monoisotopic (exact) mass is 214 g/mol. The van der Waals surface area contributed by atoms with Gasteiger partial charge in [-0.1, -0.05) is 36.9 Å². The minimum atomic E-state index is 0.868. The van der Waals surface area contributed by atoms with Crippen LogP contribution in [-0.2, 0) is 0 Å². The third kappa shape index (κ3) is 3.77. The first kappa shape index (κ1) is 12.3. The summed E-state index contributed by atoms with van der Waals surface area (Å²) in [6, 6.07) is 7.91. The van der Waals surface area contributed by atoms with Gasteiger partial charge in [0.05, 0.1) is 7.11 Å². The van der Waals surface area contributed by atoms with Crippen molar-refractivity contribution in [3.05, 3.63) is 61.2 Å². The Morgan fingerprint density at radius 1 is 1.25 bits per heavy atom. The minimum Gasteiger partial charge on any atom is -0.497 e. The third-order valence-corrected chi connectivity index (χ3v) is 2.32. The average molecular weight is 214 g/mol. The van der Waals surface area contributed by atoms with E-state index in [-0.39, 0.29) is 0 Å². The van der Waals surface area contributed by atoms with Crippen molar-refractivity contribution in [3.63, 3.8) is 0 Å². The molecule has 0 amide bonds. The Bertz CT molecular complexity index is 371. The molecule has 16 heavy (non-hydrogen) atoms. The predicted octanol–water partition coefficient (Wildman–Crippen LogP) is 4.23. The molecule has 0 aliphatic heterocycles. The highest BCUT2D eigenvalue weighted by molar-refractivity contribution is 5.72. The first-order chi connectivity index (χ1) is 7.77. The van der Waals surface area contributed by atoms with E-state index >= 15 is 0 Å². The lowest BCUT2D eigenvalue weighted by atomic mass is 10.1. The highest BCUT2D eigenvalue weighted by atomic mass is 16.5. The molecule has 0 N–H and O–H groups in total. The van der Waals surface area contributed by atoms with E-state index < -0.39 is 0 Å². The van der Waals surface area contributed by atoms with Crippen LogP contribution < -0.4 is 4.74 Å². The summed E-state index contributed by atoms with van der Waals surface area (Å²) >= 11 is 0. The fraction of sp³-hybridized carbons (Fsp3) is 0.200. The van der Waals surface area contributed by atoms with Crippen LogP contribution in [-0.4, -0.2) is 7.11 Å². The Labute approximate surface area is 97.8 Å². The van der Waals surface area contributed by atoms with Gasteiger partial charge in [-0.05, 0) is 36.1 Å². The van der Waals surface area contributed by atoms with Gasteiger partial charge in [0.1, 0.15) is 5.75 Å². The predicted molar refractivity (Wildman–Crippen MR) is 70.6 cm³/mol. The highest BCUT2D eigenvalue weighted by Gasteiger charge is 1.95. The van der Waals surface area contributed by atoms with Crippen molar-refractivity contribution in [3.8, 4) is 5.75 Å². The molecule has 0 unspecified atom stereocenters. The Morgan fingerprint density at radius 2 is 1.94 bits per heavy atom. The molecule has 0 atom stereocenters. The summed E-state index contributed by atoms with van der Waals surface area (Å²) in [5, 5.41) is 0. The SMILES string of the molecule is C=CCCC=CC(=C)c1ccc(OC)cc1. The van der Waals surface area contributed by atoms with Gasteiger partial charge in [-0.2, -0.15) is 0 Å². The summed E-state index contributed by atoms with van der Waals surface area (Å²) in [6.45, 7) is 7.71. The summed E-state index contributed by atoms with van der Waals surface area (Å²) in [5.41, 5.74) is 2.14. The first-order valence-corrected chi connectivity index (χ1v) is 5.38. The van der Waals surface area contributed by atoms with Gasteiger partial charge in [0.25, 0.3) is 0 Å². The molecule has 84 valence electrons. The third-order valence-electron chi connectivity index (χ3n) is 2.32. The van der Waals surface area contributed by atoms with Crippen LogP contribution in [0.5, 0.6) is 5.75 Å². The fourth-order valence-electron chi connectivity index (χ4n) is 1.34. The second-order valence-corrected chi connectivity index (χ2v) is 3.52. The summed E-state index contributed by atoms with van der Waals surface area (Å²) in [4.78, 5) is 0. The molecule has 0 radical (unpaired) electrons. The van der Waals surface area contributed by atoms with E-state index in [0.717, 1.165) is 29.7 Å². The first-order valence-electron chi connectivity index (χ1n) is 5.38. The number of benzene rings is 1. The molecule has 1 nitrogen and oxygen atoms in total. The molecular formula is C15H18O. The maximum Gasteiger partial charge on any atom is 0.118 e. The van der Waals surface area contributed by atoms with E-state index in [1.807, 2.05) is 36.4 Å². The number of ether oxygens (including phenoxy) is 1. The van der Waals surface area contributed by atoms with Crippen molar-refractivity contribution in [2.24, 2.45) is 0 Å². The van der Waals surface area contributed by atoms with Crippen LogP contribution >= 0.6 is 0 Å². The Hall–Kier alpha value is -1.76. The van der Waals surface area contributed by atoms with Crippen molar-refractivity contribution >= 4 is 5.57 Å². The molecule has 0 saturated carbocycles. The number of rotatable bonds is 6. The number of hydrogen-bond donors (Lipinski definition) is 0. The van der Waals surface area contributed by atoms with Crippen LogP contribution in [0.25, 0.3) is 5.57 Å². The normalized spacial score (nSPS) is 10.3. The lowest BCUT2D eigenvalue weighted by Gasteiger charge is -2.02. The molecule has 0 fully saturated rings. The number of methoxy groups -OCH3 is 1. The van der Waals surface area contributed by atoms with Crippen LogP contribution in [0.3, 0.4) is 0 Å². The minimum absolute atomic E-state index is 0.868. The molecule has 1 aromatic rings. The zero-order valence-corrected chi connectivity index (χ0v) is 9.78. The molecule has 0 saturated heterocycles. The zero-order valence-electron chi connectivity index (χ0n) is 9.78.